The third-order valence-corrected chi connectivity index (χ3v) is 4.92. The zero-order chi connectivity index (χ0) is 14.4. The lowest BCUT2D eigenvalue weighted by Crippen LogP contribution is -2.32. The van der Waals surface area contributed by atoms with E-state index in [9.17, 15) is 4.79 Å². The number of fused-ring (bicyclic) bond motifs is 2. The van der Waals surface area contributed by atoms with Crippen LogP contribution in [0, 0.1) is 11.3 Å². The van der Waals surface area contributed by atoms with Gasteiger partial charge in [0.25, 0.3) is 0 Å². The van der Waals surface area contributed by atoms with Crippen molar-refractivity contribution in [2.45, 2.75) is 19.8 Å². The van der Waals surface area contributed by atoms with Crippen molar-refractivity contribution in [2.75, 3.05) is 6.61 Å². The number of cyclic esters (lactones) is 1. The summed E-state index contributed by atoms with van der Waals surface area (Å²) in [6, 6.07) is 14.8. The predicted molar refractivity (Wildman–Crippen MR) is 82.9 cm³/mol. The second-order valence-corrected chi connectivity index (χ2v) is 6.41. The number of rotatable bonds is 2. The summed E-state index contributed by atoms with van der Waals surface area (Å²) in [5.41, 5.74) is 2.19. The van der Waals surface area contributed by atoms with Crippen molar-refractivity contribution < 1.29 is 9.53 Å². The number of carbonyl (C=O) groups is 1. The van der Waals surface area contributed by atoms with Crippen molar-refractivity contribution >= 4 is 16.7 Å². The fourth-order valence-electron chi connectivity index (χ4n) is 3.91. The molecule has 0 N–H and O–H groups in total. The Morgan fingerprint density at radius 2 is 2.00 bits per heavy atom. The first kappa shape index (κ1) is 12.6. The predicted octanol–water partition coefficient (Wildman–Crippen LogP) is 3.89. The zero-order valence-electron chi connectivity index (χ0n) is 12.1. The lowest BCUT2D eigenvalue weighted by Gasteiger charge is -2.25. The van der Waals surface area contributed by atoms with Gasteiger partial charge in [-0.2, -0.15) is 0 Å². The van der Waals surface area contributed by atoms with E-state index in [-0.39, 0.29) is 17.3 Å². The van der Waals surface area contributed by atoms with E-state index in [1.807, 2.05) is 0 Å². The molecule has 21 heavy (non-hydrogen) atoms. The van der Waals surface area contributed by atoms with E-state index in [1.165, 1.54) is 21.9 Å². The zero-order valence-corrected chi connectivity index (χ0v) is 12.1. The number of carbonyl (C=O) groups excluding carboxylic acids is 1. The maximum Gasteiger partial charge on any atom is 0.313 e. The van der Waals surface area contributed by atoms with Crippen LogP contribution in [0.5, 0.6) is 0 Å². The average Bonchev–Trinajstić information content (AvgIpc) is 2.94. The van der Waals surface area contributed by atoms with Crippen molar-refractivity contribution in [1.29, 1.82) is 0 Å². The molecule has 2 nitrogen and oxygen atoms in total. The summed E-state index contributed by atoms with van der Waals surface area (Å²) in [4.78, 5) is 12.3. The molecule has 1 aliphatic carbocycles. The van der Waals surface area contributed by atoms with Crippen LogP contribution < -0.4 is 0 Å². The summed E-state index contributed by atoms with van der Waals surface area (Å²) >= 11 is 0. The number of ether oxygens (including phenoxy) is 1. The van der Waals surface area contributed by atoms with E-state index in [1.54, 1.807) is 0 Å². The van der Waals surface area contributed by atoms with Crippen LogP contribution in [0.15, 0.2) is 54.1 Å². The summed E-state index contributed by atoms with van der Waals surface area (Å²) in [5.74, 6) is 0.227. The van der Waals surface area contributed by atoms with Crippen LogP contribution in [0.4, 0.5) is 0 Å². The Bertz CT molecular complexity index is 759. The van der Waals surface area contributed by atoms with Gasteiger partial charge < -0.3 is 4.74 Å². The van der Waals surface area contributed by atoms with Gasteiger partial charge in [0.1, 0.15) is 0 Å². The van der Waals surface area contributed by atoms with Crippen LogP contribution in [0.25, 0.3) is 10.8 Å². The molecule has 0 amide bonds. The van der Waals surface area contributed by atoms with E-state index >= 15 is 0 Å². The molecule has 0 saturated carbocycles. The molecule has 2 atom stereocenters. The second kappa shape index (κ2) is 4.45. The van der Waals surface area contributed by atoms with E-state index in [2.05, 4.69) is 55.5 Å². The molecule has 4 rings (SSSR count). The molecule has 1 heterocycles. The van der Waals surface area contributed by atoms with Gasteiger partial charge in [0, 0.05) is 5.92 Å². The minimum Gasteiger partial charge on any atom is -0.465 e. The highest BCUT2D eigenvalue weighted by Gasteiger charge is 2.54. The molecule has 0 aromatic heterocycles. The van der Waals surface area contributed by atoms with Gasteiger partial charge >= 0.3 is 5.97 Å². The average molecular weight is 278 g/mol. The molecular weight excluding hydrogens is 260 g/mol. The van der Waals surface area contributed by atoms with Gasteiger partial charge in [-0.05, 0) is 36.1 Å². The molecular formula is C19H18O2. The number of esters is 1. The number of hydrogen-bond donors (Lipinski definition) is 0. The molecule has 1 saturated heterocycles. The minimum atomic E-state index is -0.355. The summed E-state index contributed by atoms with van der Waals surface area (Å²) in [6.45, 7) is 2.66. The lowest BCUT2D eigenvalue weighted by molar-refractivity contribution is -0.146. The Hall–Kier alpha value is -2.09. The first-order valence-corrected chi connectivity index (χ1v) is 7.50. The Kier molecular flexibility index (Phi) is 2.68. The van der Waals surface area contributed by atoms with E-state index in [0.29, 0.717) is 6.61 Å². The Labute approximate surface area is 124 Å². The first-order chi connectivity index (χ1) is 10.2. The van der Waals surface area contributed by atoms with Gasteiger partial charge in [-0.15, -0.1) is 0 Å². The molecule has 2 heteroatoms. The van der Waals surface area contributed by atoms with Gasteiger partial charge in [0.15, 0.2) is 0 Å². The maximum absolute atomic E-state index is 12.3. The minimum absolute atomic E-state index is 0.0197. The molecule has 0 bridgehead atoms. The Morgan fingerprint density at radius 1 is 1.19 bits per heavy atom. The smallest absolute Gasteiger partial charge is 0.313 e. The van der Waals surface area contributed by atoms with Crippen LogP contribution in [0.2, 0.25) is 0 Å². The van der Waals surface area contributed by atoms with Gasteiger partial charge in [-0.1, -0.05) is 54.1 Å². The Balaban J connectivity index is 1.72. The van der Waals surface area contributed by atoms with Crippen molar-refractivity contribution in [3.8, 4) is 0 Å². The number of allylic oxidation sites excluding steroid dienone is 1. The quantitative estimate of drug-likeness (QED) is 0.615. The summed E-state index contributed by atoms with van der Waals surface area (Å²) in [6.07, 6.45) is 3.84. The van der Waals surface area contributed by atoms with Gasteiger partial charge in [-0.25, -0.2) is 0 Å². The van der Waals surface area contributed by atoms with E-state index in [4.69, 9.17) is 4.74 Å². The molecule has 0 radical (unpaired) electrons. The van der Waals surface area contributed by atoms with Gasteiger partial charge in [0.2, 0.25) is 0 Å². The SMILES string of the molecule is CC1=CC2COC(=O)C2(Cc2ccc3ccccc3c2)C1. The summed E-state index contributed by atoms with van der Waals surface area (Å²) in [7, 11) is 0. The molecule has 2 aromatic carbocycles. The molecule has 106 valence electrons. The highest BCUT2D eigenvalue weighted by Crippen LogP contribution is 2.49. The van der Waals surface area contributed by atoms with Crippen LogP contribution >= 0.6 is 0 Å². The molecule has 0 spiro atoms. The van der Waals surface area contributed by atoms with Gasteiger partial charge in [0.05, 0.1) is 12.0 Å². The monoisotopic (exact) mass is 278 g/mol. The first-order valence-electron chi connectivity index (χ1n) is 7.50. The van der Waals surface area contributed by atoms with Crippen LogP contribution in [0.1, 0.15) is 18.9 Å². The lowest BCUT2D eigenvalue weighted by atomic mass is 9.74. The molecule has 2 aliphatic rings. The maximum atomic E-state index is 12.3. The molecule has 1 fully saturated rings. The fourth-order valence-corrected chi connectivity index (χ4v) is 3.91. The second-order valence-electron chi connectivity index (χ2n) is 6.41. The van der Waals surface area contributed by atoms with Crippen molar-refractivity contribution in [3.05, 3.63) is 59.7 Å². The molecule has 2 aromatic rings. The number of benzene rings is 2. The van der Waals surface area contributed by atoms with Crippen molar-refractivity contribution in [1.82, 2.24) is 0 Å². The van der Waals surface area contributed by atoms with Crippen molar-refractivity contribution in [2.24, 2.45) is 11.3 Å². The summed E-state index contributed by atoms with van der Waals surface area (Å²) < 4.78 is 5.35. The van der Waals surface area contributed by atoms with Crippen LogP contribution in [-0.2, 0) is 16.0 Å². The third-order valence-electron chi connectivity index (χ3n) is 4.92. The topological polar surface area (TPSA) is 26.3 Å². The normalized spacial score (nSPS) is 27.6. The largest absolute Gasteiger partial charge is 0.465 e. The standard InChI is InChI=1S/C19H18O2/c1-13-8-17-12-21-18(20)19(17,10-13)11-14-6-7-15-4-2-3-5-16(15)9-14/h2-9,17H,10-12H2,1H3. The molecule has 2 unspecified atom stereocenters. The fraction of sp³-hybridized carbons (Fsp3) is 0.316. The molecule has 1 aliphatic heterocycles. The van der Waals surface area contributed by atoms with Gasteiger partial charge in [-0.3, -0.25) is 4.79 Å². The van der Waals surface area contributed by atoms with E-state index < -0.39 is 0 Å². The van der Waals surface area contributed by atoms with Crippen LogP contribution in [0.3, 0.4) is 0 Å². The Morgan fingerprint density at radius 3 is 2.86 bits per heavy atom. The highest BCUT2D eigenvalue weighted by atomic mass is 16.5. The number of hydrogen-bond acceptors (Lipinski definition) is 2. The third kappa shape index (κ3) is 1.90. The van der Waals surface area contributed by atoms with Crippen molar-refractivity contribution in [3.63, 3.8) is 0 Å². The highest BCUT2D eigenvalue weighted by molar-refractivity contribution is 5.84. The van der Waals surface area contributed by atoms with E-state index in [0.717, 1.165) is 12.8 Å². The van der Waals surface area contributed by atoms with Crippen LogP contribution in [-0.4, -0.2) is 12.6 Å². The summed E-state index contributed by atoms with van der Waals surface area (Å²) in [5, 5.41) is 2.47.